The summed E-state index contributed by atoms with van der Waals surface area (Å²) in [4.78, 5) is 2.48. The van der Waals surface area contributed by atoms with E-state index in [2.05, 4.69) is 47.9 Å². The van der Waals surface area contributed by atoms with E-state index in [-0.39, 0.29) is 0 Å². The van der Waals surface area contributed by atoms with E-state index in [1.54, 1.807) is 0 Å². The van der Waals surface area contributed by atoms with Crippen LogP contribution in [-0.4, -0.2) is 42.6 Å². The zero-order valence-corrected chi connectivity index (χ0v) is 11.3. The minimum Gasteiger partial charge on any atom is -0.492 e. The Morgan fingerprint density at radius 2 is 1.88 bits per heavy atom. The molecular formula is C14H21NOS. The second-order valence-corrected chi connectivity index (χ2v) is 5.52. The Balaban J connectivity index is 1.69. The Labute approximate surface area is 108 Å². The summed E-state index contributed by atoms with van der Waals surface area (Å²) in [5, 5.41) is 0. The first-order valence-electron chi connectivity index (χ1n) is 6.40. The van der Waals surface area contributed by atoms with Crippen molar-refractivity contribution >= 4 is 11.8 Å². The second-order valence-electron chi connectivity index (χ2n) is 4.30. The quantitative estimate of drug-likeness (QED) is 0.798. The lowest BCUT2D eigenvalue weighted by Gasteiger charge is -2.25. The Hall–Kier alpha value is -0.670. The lowest BCUT2D eigenvalue weighted by atomic mass is 10.2. The predicted molar refractivity (Wildman–Crippen MR) is 75.1 cm³/mol. The van der Waals surface area contributed by atoms with Crippen LogP contribution in [0.4, 0.5) is 0 Å². The summed E-state index contributed by atoms with van der Waals surface area (Å²) in [6.07, 6.45) is 1.09. The average molecular weight is 251 g/mol. The van der Waals surface area contributed by atoms with E-state index in [1.165, 1.54) is 30.2 Å². The molecule has 1 fully saturated rings. The van der Waals surface area contributed by atoms with Gasteiger partial charge in [-0.25, -0.2) is 0 Å². The molecule has 0 bridgehead atoms. The van der Waals surface area contributed by atoms with Crippen molar-refractivity contribution in [1.29, 1.82) is 0 Å². The maximum absolute atomic E-state index is 5.76. The number of aryl methyl sites for hydroxylation is 1. The van der Waals surface area contributed by atoms with Crippen LogP contribution in [0.5, 0.6) is 5.75 Å². The Morgan fingerprint density at radius 3 is 2.53 bits per heavy atom. The first kappa shape index (κ1) is 12.8. The van der Waals surface area contributed by atoms with E-state index in [0.29, 0.717) is 0 Å². The van der Waals surface area contributed by atoms with Crippen molar-refractivity contribution in [2.24, 2.45) is 0 Å². The zero-order chi connectivity index (χ0) is 11.9. The van der Waals surface area contributed by atoms with E-state index in [1.807, 2.05) is 0 Å². The van der Waals surface area contributed by atoms with Gasteiger partial charge in [-0.2, -0.15) is 11.8 Å². The minimum atomic E-state index is 0.802. The Bertz CT molecular complexity index is 319. The maximum Gasteiger partial charge on any atom is 0.119 e. The molecule has 0 amide bonds. The fraction of sp³-hybridized carbons (Fsp3) is 0.571. The minimum absolute atomic E-state index is 0.802. The molecule has 0 saturated carbocycles. The van der Waals surface area contributed by atoms with Crippen molar-refractivity contribution in [2.45, 2.75) is 13.3 Å². The maximum atomic E-state index is 5.76. The van der Waals surface area contributed by atoms with Gasteiger partial charge in [0.05, 0.1) is 0 Å². The van der Waals surface area contributed by atoms with Gasteiger partial charge in [0.15, 0.2) is 0 Å². The monoisotopic (exact) mass is 251 g/mol. The summed E-state index contributed by atoms with van der Waals surface area (Å²) in [7, 11) is 0. The van der Waals surface area contributed by atoms with Gasteiger partial charge in [0.2, 0.25) is 0 Å². The molecule has 1 aliphatic heterocycles. The molecule has 0 unspecified atom stereocenters. The number of thioether (sulfide) groups is 1. The fourth-order valence-corrected chi connectivity index (χ4v) is 2.92. The first-order chi connectivity index (χ1) is 8.38. The summed E-state index contributed by atoms with van der Waals surface area (Å²) >= 11 is 2.05. The van der Waals surface area contributed by atoms with Gasteiger partial charge < -0.3 is 4.74 Å². The normalized spacial score (nSPS) is 17.0. The lowest BCUT2D eigenvalue weighted by molar-refractivity contribution is 0.222. The summed E-state index contributed by atoms with van der Waals surface area (Å²) in [5.41, 5.74) is 1.37. The van der Waals surface area contributed by atoms with Crippen LogP contribution in [0.25, 0.3) is 0 Å². The van der Waals surface area contributed by atoms with Crippen LogP contribution in [0, 0.1) is 0 Å². The van der Waals surface area contributed by atoms with E-state index in [9.17, 15) is 0 Å². The molecule has 0 N–H and O–H groups in total. The molecule has 0 spiro atoms. The second kappa shape index (κ2) is 6.92. The van der Waals surface area contributed by atoms with Gasteiger partial charge in [-0.1, -0.05) is 19.1 Å². The predicted octanol–water partition coefficient (Wildman–Crippen LogP) is 2.68. The average Bonchev–Trinajstić information content (AvgIpc) is 2.41. The van der Waals surface area contributed by atoms with Crippen LogP contribution >= 0.6 is 11.8 Å². The van der Waals surface area contributed by atoms with Crippen LogP contribution in [0.1, 0.15) is 12.5 Å². The molecule has 0 radical (unpaired) electrons. The molecule has 94 valence electrons. The van der Waals surface area contributed by atoms with Crippen molar-refractivity contribution in [2.75, 3.05) is 37.7 Å². The highest BCUT2D eigenvalue weighted by atomic mass is 32.2. The topological polar surface area (TPSA) is 12.5 Å². The Morgan fingerprint density at radius 1 is 1.18 bits per heavy atom. The first-order valence-corrected chi connectivity index (χ1v) is 7.56. The summed E-state index contributed by atoms with van der Waals surface area (Å²) in [6.45, 7) is 6.45. The highest BCUT2D eigenvalue weighted by Crippen LogP contribution is 2.13. The molecule has 1 aromatic carbocycles. The number of benzene rings is 1. The molecule has 1 saturated heterocycles. The van der Waals surface area contributed by atoms with Crippen LogP contribution in [-0.2, 0) is 6.42 Å². The smallest absolute Gasteiger partial charge is 0.119 e. The summed E-state index contributed by atoms with van der Waals surface area (Å²) < 4.78 is 5.76. The molecule has 2 rings (SSSR count). The number of hydrogen-bond donors (Lipinski definition) is 0. The molecule has 0 aliphatic carbocycles. The van der Waals surface area contributed by atoms with Gasteiger partial charge in [0.25, 0.3) is 0 Å². The molecule has 1 aromatic rings. The van der Waals surface area contributed by atoms with Gasteiger partial charge in [-0.05, 0) is 24.1 Å². The number of ether oxygens (including phenoxy) is 1. The number of rotatable bonds is 5. The third-order valence-corrected chi connectivity index (χ3v) is 4.05. The zero-order valence-electron chi connectivity index (χ0n) is 10.5. The number of nitrogens with zero attached hydrogens (tertiary/aromatic N) is 1. The SMILES string of the molecule is CCc1ccc(OCCN2CCSCC2)cc1. The van der Waals surface area contributed by atoms with Gasteiger partial charge in [0.1, 0.15) is 12.4 Å². The van der Waals surface area contributed by atoms with Gasteiger partial charge in [0, 0.05) is 31.1 Å². The fourth-order valence-electron chi connectivity index (χ4n) is 1.94. The highest BCUT2D eigenvalue weighted by molar-refractivity contribution is 7.99. The summed E-state index contributed by atoms with van der Waals surface area (Å²) in [5.74, 6) is 3.53. The molecule has 2 nitrogen and oxygen atoms in total. The lowest BCUT2D eigenvalue weighted by Crippen LogP contribution is -2.35. The van der Waals surface area contributed by atoms with Crippen molar-refractivity contribution in [1.82, 2.24) is 4.90 Å². The van der Waals surface area contributed by atoms with Gasteiger partial charge in [-0.3, -0.25) is 4.90 Å². The third kappa shape index (κ3) is 4.25. The number of hydrogen-bond acceptors (Lipinski definition) is 3. The van der Waals surface area contributed by atoms with Crippen LogP contribution in [0.3, 0.4) is 0 Å². The van der Waals surface area contributed by atoms with Gasteiger partial charge >= 0.3 is 0 Å². The van der Waals surface area contributed by atoms with Crippen molar-refractivity contribution in [3.63, 3.8) is 0 Å². The van der Waals surface area contributed by atoms with Crippen molar-refractivity contribution in [3.05, 3.63) is 29.8 Å². The van der Waals surface area contributed by atoms with Crippen LogP contribution in [0.2, 0.25) is 0 Å². The van der Waals surface area contributed by atoms with Crippen molar-refractivity contribution in [3.8, 4) is 5.75 Å². The molecule has 1 aliphatic rings. The van der Waals surface area contributed by atoms with E-state index in [4.69, 9.17) is 4.74 Å². The molecule has 0 atom stereocenters. The third-order valence-electron chi connectivity index (χ3n) is 3.11. The summed E-state index contributed by atoms with van der Waals surface area (Å²) in [6, 6.07) is 8.44. The van der Waals surface area contributed by atoms with Gasteiger partial charge in [-0.15, -0.1) is 0 Å². The molecular weight excluding hydrogens is 230 g/mol. The van der Waals surface area contributed by atoms with Crippen molar-refractivity contribution < 1.29 is 4.74 Å². The Kier molecular flexibility index (Phi) is 5.20. The molecule has 17 heavy (non-hydrogen) atoms. The molecule has 3 heteroatoms. The van der Waals surface area contributed by atoms with Crippen LogP contribution < -0.4 is 4.74 Å². The molecule has 1 heterocycles. The largest absolute Gasteiger partial charge is 0.492 e. The van der Waals surface area contributed by atoms with Crippen LogP contribution in [0.15, 0.2) is 24.3 Å². The van der Waals surface area contributed by atoms with E-state index < -0.39 is 0 Å². The molecule has 0 aromatic heterocycles. The highest BCUT2D eigenvalue weighted by Gasteiger charge is 2.09. The van der Waals surface area contributed by atoms with E-state index >= 15 is 0 Å². The standard InChI is InChI=1S/C14H21NOS/c1-2-13-3-5-14(6-4-13)16-10-7-15-8-11-17-12-9-15/h3-6H,2,7-12H2,1H3. The van der Waals surface area contributed by atoms with E-state index in [0.717, 1.165) is 25.3 Å².